The van der Waals surface area contributed by atoms with E-state index in [4.69, 9.17) is 18.9 Å². The SMILES string of the molecule is C=C(C)C(=O)[P+](=O)C(CC(OCCCCCC)(OCCCCCC)OCCCCCC)OCCCCCC. The fourth-order valence-electron chi connectivity index (χ4n) is 4.06. The third-order valence-corrected chi connectivity index (χ3v) is 8.16. The van der Waals surface area contributed by atoms with Gasteiger partial charge in [0.15, 0.2) is 0 Å². The maximum Gasteiger partial charge on any atom is 0.451 e. The monoisotopic (exact) mass is 559 g/mol. The zero-order valence-corrected chi connectivity index (χ0v) is 26.4. The molecule has 0 N–H and O–H groups in total. The predicted molar refractivity (Wildman–Crippen MR) is 159 cm³/mol. The van der Waals surface area contributed by atoms with Crippen molar-refractivity contribution in [3.63, 3.8) is 0 Å². The van der Waals surface area contributed by atoms with Crippen LogP contribution in [0.1, 0.15) is 144 Å². The number of rotatable bonds is 29. The van der Waals surface area contributed by atoms with Crippen molar-refractivity contribution in [3.8, 4) is 0 Å². The van der Waals surface area contributed by atoms with Crippen LogP contribution >= 0.6 is 7.80 Å². The molecule has 0 radical (unpaired) electrons. The minimum absolute atomic E-state index is 0.102. The molecule has 0 aromatic heterocycles. The number of hydrogen-bond acceptors (Lipinski definition) is 6. The van der Waals surface area contributed by atoms with E-state index >= 15 is 0 Å². The molecule has 0 aliphatic heterocycles. The van der Waals surface area contributed by atoms with Gasteiger partial charge >= 0.3 is 13.3 Å². The third-order valence-electron chi connectivity index (χ3n) is 6.52. The van der Waals surface area contributed by atoms with E-state index in [0.717, 1.165) is 103 Å². The van der Waals surface area contributed by atoms with Gasteiger partial charge in [0.05, 0.1) is 26.4 Å². The molecule has 2 unspecified atom stereocenters. The summed E-state index contributed by atoms with van der Waals surface area (Å²) < 4.78 is 38.6. The summed E-state index contributed by atoms with van der Waals surface area (Å²) in [6.45, 7) is 15.9. The van der Waals surface area contributed by atoms with Crippen LogP contribution in [0.2, 0.25) is 0 Å². The average Bonchev–Trinajstić information content (AvgIpc) is 2.91. The largest absolute Gasteiger partial charge is 0.451 e. The quantitative estimate of drug-likeness (QED) is 0.0393. The highest BCUT2D eigenvalue weighted by molar-refractivity contribution is 7.65. The second-order valence-corrected chi connectivity index (χ2v) is 12.0. The molecular formula is C31H60O6P+. The van der Waals surface area contributed by atoms with E-state index in [1.54, 1.807) is 6.92 Å². The lowest BCUT2D eigenvalue weighted by Crippen LogP contribution is -2.43. The number of hydrogen-bond donors (Lipinski definition) is 0. The molecule has 0 heterocycles. The highest BCUT2D eigenvalue weighted by Crippen LogP contribution is 2.40. The van der Waals surface area contributed by atoms with Gasteiger partial charge in [-0.2, -0.15) is 0 Å². The highest BCUT2D eigenvalue weighted by atomic mass is 31.1. The van der Waals surface area contributed by atoms with Crippen molar-refractivity contribution in [3.05, 3.63) is 12.2 Å². The summed E-state index contributed by atoms with van der Waals surface area (Å²) in [7, 11) is -2.36. The molecule has 7 heteroatoms. The van der Waals surface area contributed by atoms with Crippen molar-refractivity contribution >= 4 is 13.3 Å². The minimum Gasteiger partial charge on any atom is -0.334 e. The molecule has 2 atom stereocenters. The first kappa shape index (κ1) is 37.4. The summed E-state index contributed by atoms with van der Waals surface area (Å²) in [6, 6.07) is 0. The molecule has 0 saturated heterocycles. The van der Waals surface area contributed by atoms with Gasteiger partial charge in [-0.05, 0) is 32.6 Å². The summed E-state index contributed by atoms with van der Waals surface area (Å²) in [6.07, 6.45) is 17.0. The lowest BCUT2D eigenvalue weighted by molar-refractivity contribution is -0.387. The zero-order valence-electron chi connectivity index (χ0n) is 25.5. The molecule has 0 saturated carbocycles. The molecule has 0 aromatic rings. The molecule has 0 spiro atoms. The van der Waals surface area contributed by atoms with Crippen LogP contribution in [0.4, 0.5) is 0 Å². The molecule has 0 aromatic carbocycles. The second-order valence-electron chi connectivity index (χ2n) is 10.4. The van der Waals surface area contributed by atoms with Gasteiger partial charge in [0.25, 0.3) is 11.8 Å². The Morgan fingerprint density at radius 3 is 1.37 bits per heavy atom. The van der Waals surface area contributed by atoms with Crippen molar-refractivity contribution < 1.29 is 28.3 Å². The Morgan fingerprint density at radius 2 is 1.03 bits per heavy atom. The number of allylic oxidation sites excluding steroid dienone is 1. The van der Waals surface area contributed by atoms with Gasteiger partial charge in [-0.15, -0.1) is 0 Å². The minimum atomic E-state index is -2.36. The van der Waals surface area contributed by atoms with Crippen LogP contribution in [0.25, 0.3) is 0 Å². The maximum absolute atomic E-state index is 13.4. The van der Waals surface area contributed by atoms with Gasteiger partial charge in [0.1, 0.15) is 6.42 Å². The van der Waals surface area contributed by atoms with E-state index in [2.05, 4.69) is 34.3 Å². The number of carbonyl (C=O) groups is 1. The molecule has 224 valence electrons. The zero-order chi connectivity index (χ0) is 28.5. The Kier molecular flexibility index (Phi) is 24.9. The standard InChI is InChI=1S/C31H60O6P/c1-7-11-15-19-23-34-29(38(33)30(32)28(5)6)27-31(35-24-20-16-12-8-2,36-25-21-17-13-9-3)37-26-22-18-14-10-4/h29H,5,7-27H2,1-4,6H3/q+1. The summed E-state index contributed by atoms with van der Waals surface area (Å²) in [5.74, 6) is -2.23. The number of ether oxygens (including phenoxy) is 4. The molecule has 38 heavy (non-hydrogen) atoms. The van der Waals surface area contributed by atoms with Crippen LogP contribution in [0.15, 0.2) is 12.2 Å². The lowest BCUT2D eigenvalue weighted by atomic mass is 10.2. The van der Waals surface area contributed by atoms with Crippen LogP contribution in [0, 0.1) is 0 Å². The van der Waals surface area contributed by atoms with Gasteiger partial charge in [0, 0.05) is 5.57 Å². The van der Waals surface area contributed by atoms with Crippen molar-refractivity contribution in [2.45, 2.75) is 156 Å². The van der Waals surface area contributed by atoms with Crippen LogP contribution < -0.4 is 0 Å². The Hall–Kier alpha value is -0.650. The molecule has 0 rings (SSSR count). The first-order valence-corrected chi connectivity index (χ1v) is 16.9. The molecule has 0 aliphatic rings. The van der Waals surface area contributed by atoms with E-state index in [1.165, 1.54) is 0 Å². The summed E-state index contributed by atoms with van der Waals surface area (Å²) in [4.78, 5) is 12.7. The molecule has 6 nitrogen and oxygen atoms in total. The maximum atomic E-state index is 13.4. The molecular weight excluding hydrogens is 499 g/mol. The normalized spacial score (nSPS) is 13.0. The van der Waals surface area contributed by atoms with Gasteiger partial charge < -0.3 is 18.9 Å². The van der Waals surface area contributed by atoms with Gasteiger partial charge in [-0.3, -0.25) is 0 Å². The van der Waals surface area contributed by atoms with Crippen LogP contribution in [0.3, 0.4) is 0 Å². The van der Waals surface area contributed by atoms with Gasteiger partial charge in [0.2, 0.25) is 0 Å². The first-order chi connectivity index (χ1) is 18.4. The van der Waals surface area contributed by atoms with E-state index in [0.29, 0.717) is 26.4 Å². The van der Waals surface area contributed by atoms with E-state index in [-0.39, 0.29) is 12.0 Å². The van der Waals surface area contributed by atoms with Gasteiger partial charge in [-0.1, -0.05) is 116 Å². The number of carbonyl (C=O) groups excluding carboxylic acids is 1. The Balaban J connectivity index is 5.78. The Bertz CT molecular complexity index is 573. The second kappa shape index (κ2) is 25.3. The predicted octanol–water partition coefficient (Wildman–Crippen LogP) is 9.67. The van der Waals surface area contributed by atoms with E-state index in [9.17, 15) is 9.36 Å². The highest BCUT2D eigenvalue weighted by Gasteiger charge is 2.48. The fraction of sp³-hybridized carbons (Fsp3) is 0.903. The average molecular weight is 560 g/mol. The molecule has 0 amide bonds. The first-order valence-electron chi connectivity index (χ1n) is 15.6. The molecule has 0 bridgehead atoms. The topological polar surface area (TPSA) is 71.1 Å². The van der Waals surface area contributed by atoms with Crippen molar-refractivity contribution in [2.75, 3.05) is 26.4 Å². The third kappa shape index (κ3) is 18.6. The summed E-state index contributed by atoms with van der Waals surface area (Å²) in [5.41, 5.74) is -0.181. The number of unbranched alkanes of at least 4 members (excludes halogenated alkanes) is 12. The summed E-state index contributed by atoms with van der Waals surface area (Å²) in [5, 5.41) is 0. The Morgan fingerprint density at radius 1 is 0.658 bits per heavy atom. The lowest BCUT2D eigenvalue weighted by Gasteiger charge is -2.34. The van der Waals surface area contributed by atoms with Crippen LogP contribution in [-0.2, 0) is 28.3 Å². The van der Waals surface area contributed by atoms with E-state index < -0.39 is 25.1 Å². The van der Waals surface area contributed by atoms with Crippen molar-refractivity contribution in [1.82, 2.24) is 0 Å². The molecule has 0 fully saturated rings. The van der Waals surface area contributed by atoms with Crippen LogP contribution in [-0.4, -0.2) is 43.8 Å². The van der Waals surface area contributed by atoms with Gasteiger partial charge in [-0.25, -0.2) is 4.79 Å². The fourth-order valence-corrected chi connectivity index (χ4v) is 5.33. The van der Waals surface area contributed by atoms with Crippen molar-refractivity contribution in [2.24, 2.45) is 0 Å². The summed E-state index contributed by atoms with van der Waals surface area (Å²) >= 11 is 0. The van der Waals surface area contributed by atoms with Crippen LogP contribution in [0.5, 0.6) is 0 Å². The molecule has 0 aliphatic carbocycles. The van der Waals surface area contributed by atoms with Crippen molar-refractivity contribution in [1.29, 1.82) is 0 Å². The Labute approximate surface area is 235 Å². The van der Waals surface area contributed by atoms with E-state index in [1.807, 2.05) is 0 Å². The smallest absolute Gasteiger partial charge is 0.334 e.